The molecule has 9 heteroatoms. The maximum absolute atomic E-state index is 9.29. The third-order valence-corrected chi connectivity index (χ3v) is 7.01. The van der Waals surface area contributed by atoms with E-state index >= 15 is 0 Å². The van der Waals surface area contributed by atoms with Crippen LogP contribution in [0, 0.1) is 0 Å². The Morgan fingerprint density at radius 2 is 1.92 bits per heavy atom. The molecule has 36 heavy (non-hydrogen) atoms. The number of nitrogens with zero attached hydrogens (tertiary/aromatic N) is 6. The van der Waals surface area contributed by atoms with Gasteiger partial charge in [-0.25, -0.2) is 9.97 Å². The first kappa shape index (κ1) is 22.5. The number of hydrogen-bond donors (Lipinski definition) is 3. The summed E-state index contributed by atoms with van der Waals surface area (Å²) in [6, 6.07) is 12.5. The fraction of sp³-hybridized carbons (Fsp3) is 0.296. The first-order valence-corrected chi connectivity index (χ1v) is 12.5. The zero-order valence-corrected chi connectivity index (χ0v) is 20.4. The van der Waals surface area contributed by atoms with Crippen molar-refractivity contribution < 1.29 is 5.11 Å². The summed E-state index contributed by atoms with van der Waals surface area (Å²) in [7, 11) is 0. The van der Waals surface area contributed by atoms with Gasteiger partial charge < -0.3 is 24.6 Å². The standard InChI is InChI=1S/C27H30N8O/c1-2-33-10-12-34(13-11-33)21-4-6-26(29-17-21)30-25-16-20(18-35-9-8-28-27(25)35)19-3-5-22-23(7-14-36)31-32-24(22)15-19/h3-6,8-9,15-18,36H,2,7,10-14H2,1H3,(H,29,30)(H,31,32). The number of anilines is 3. The molecule has 0 unspecified atom stereocenters. The molecule has 0 spiro atoms. The summed E-state index contributed by atoms with van der Waals surface area (Å²) in [6.45, 7) is 7.66. The number of H-pyrrole nitrogens is 1. The molecule has 1 aliphatic heterocycles. The maximum atomic E-state index is 9.29. The lowest BCUT2D eigenvalue weighted by molar-refractivity contribution is 0.271. The molecule has 0 aliphatic carbocycles. The van der Waals surface area contributed by atoms with Crippen molar-refractivity contribution in [3.05, 3.63) is 66.9 Å². The first-order valence-electron chi connectivity index (χ1n) is 12.5. The van der Waals surface area contributed by atoms with Gasteiger partial charge >= 0.3 is 0 Å². The van der Waals surface area contributed by atoms with E-state index < -0.39 is 0 Å². The Kier molecular flexibility index (Phi) is 6.00. The Balaban J connectivity index is 1.27. The third-order valence-electron chi connectivity index (χ3n) is 7.01. The molecule has 5 aromatic rings. The molecule has 3 N–H and O–H groups in total. The zero-order chi connectivity index (χ0) is 24.5. The largest absolute Gasteiger partial charge is 0.396 e. The fourth-order valence-corrected chi connectivity index (χ4v) is 4.94. The predicted octanol–water partition coefficient (Wildman–Crippen LogP) is 3.69. The van der Waals surface area contributed by atoms with Gasteiger partial charge in [-0.1, -0.05) is 19.1 Å². The van der Waals surface area contributed by atoms with Crippen molar-refractivity contribution in [1.82, 2.24) is 29.5 Å². The summed E-state index contributed by atoms with van der Waals surface area (Å²) in [5, 5.41) is 21.3. The second kappa shape index (κ2) is 9.60. The molecular weight excluding hydrogens is 452 g/mol. The molecule has 0 saturated carbocycles. The van der Waals surface area contributed by atoms with Gasteiger partial charge in [-0.2, -0.15) is 5.10 Å². The van der Waals surface area contributed by atoms with Gasteiger partial charge in [0.25, 0.3) is 0 Å². The SMILES string of the molecule is CCN1CCN(c2ccc(Nc3cc(-c4ccc5c(CCO)[nH]nc5c4)cn4ccnc34)nc2)CC1. The highest BCUT2D eigenvalue weighted by atomic mass is 16.3. The van der Waals surface area contributed by atoms with Gasteiger partial charge in [0.1, 0.15) is 5.82 Å². The number of imidazole rings is 1. The van der Waals surface area contributed by atoms with Crippen LogP contribution >= 0.6 is 0 Å². The van der Waals surface area contributed by atoms with Crippen molar-refractivity contribution in [3.63, 3.8) is 0 Å². The van der Waals surface area contributed by atoms with Crippen molar-refractivity contribution in [2.24, 2.45) is 0 Å². The van der Waals surface area contributed by atoms with Crippen molar-refractivity contribution in [3.8, 4) is 11.1 Å². The van der Waals surface area contributed by atoms with Crippen molar-refractivity contribution in [2.75, 3.05) is 49.5 Å². The Morgan fingerprint density at radius 1 is 1.03 bits per heavy atom. The first-order chi connectivity index (χ1) is 17.7. The summed E-state index contributed by atoms with van der Waals surface area (Å²) in [5.74, 6) is 0.782. The molecule has 0 atom stereocenters. The van der Waals surface area contributed by atoms with Crippen molar-refractivity contribution >= 4 is 33.7 Å². The molecule has 6 rings (SSSR count). The second-order valence-corrected chi connectivity index (χ2v) is 9.16. The van der Waals surface area contributed by atoms with Gasteiger partial charge in [0.2, 0.25) is 0 Å². The van der Waals surface area contributed by atoms with Crippen LogP contribution in [0.15, 0.2) is 61.2 Å². The smallest absolute Gasteiger partial charge is 0.160 e. The maximum Gasteiger partial charge on any atom is 0.160 e. The number of aromatic nitrogens is 5. The van der Waals surface area contributed by atoms with Gasteiger partial charge in [-0.3, -0.25) is 5.10 Å². The number of likely N-dealkylation sites (N-methyl/N-ethyl adjacent to an activating group) is 1. The van der Waals surface area contributed by atoms with Crippen LogP contribution in [-0.4, -0.2) is 73.9 Å². The molecule has 0 radical (unpaired) electrons. The van der Waals surface area contributed by atoms with E-state index in [1.807, 2.05) is 22.9 Å². The van der Waals surface area contributed by atoms with Crippen molar-refractivity contribution in [2.45, 2.75) is 13.3 Å². The zero-order valence-electron chi connectivity index (χ0n) is 20.4. The molecule has 9 nitrogen and oxygen atoms in total. The molecule has 5 heterocycles. The van der Waals surface area contributed by atoms with Gasteiger partial charge in [0, 0.05) is 74.4 Å². The van der Waals surface area contributed by atoms with E-state index in [4.69, 9.17) is 4.98 Å². The lowest BCUT2D eigenvalue weighted by atomic mass is 10.0. The molecule has 0 bridgehead atoms. The molecule has 1 aromatic carbocycles. The van der Waals surface area contributed by atoms with E-state index in [0.29, 0.717) is 6.42 Å². The molecule has 1 aliphatic rings. The molecular formula is C27H30N8O. The average Bonchev–Trinajstić information content (AvgIpc) is 3.56. The molecule has 184 valence electrons. The lowest BCUT2D eigenvalue weighted by Crippen LogP contribution is -2.46. The Hall–Kier alpha value is -3.95. The summed E-state index contributed by atoms with van der Waals surface area (Å²) in [4.78, 5) is 14.1. The van der Waals surface area contributed by atoms with Crippen LogP contribution < -0.4 is 10.2 Å². The summed E-state index contributed by atoms with van der Waals surface area (Å²) in [6.07, 6.45) is 8.33. The number of fused-ring (bicyclic) bond motifs is 2. The molecule has 1 fully saturated rings. The van der Waals surface area contributed by atoms with Crippen LogP contribution in [0.4, 0.5) is 17.2 Å². The van der Waals surface area contributed by atoms with Gasteiger partial charge in [0.05, 0.1) is 23.1 Å². The number of pyridine rings is 2. The number of benzene rings is 1. The fourth-order valence-electron chi connectivity index (χ4n) is 4.94. The number of piperazine rings is 1. The quantitative estimate of drug-likeness (QED) is 0.325. The number of hydrogen-bond acceptors (Lipinski definition) is 7. The highest BCUT2D eigenvalue weighted by Gasteiger charge is 2.16. The second-order valence-electron chi connectivity index (χ2n) is 9.16. The Morgan fingerprint density at radius 3 is 2.69 bits per heavy atom. The number of aromatic amines is 1. The summed E-state index contributed by atoms with van der Waals surface area (Å²) < 4.78 is 2.02. The minimum atomic E-state index is 0.0931. The monoisotopic (exact) mass is 482 g/mol. The third kappa shape index (κ3) is 4.27. The van der Waals surface area contributed by atoms with Gasteiger partial charge in [0.15, 0.2) is 5.65 Å². The number of nitrogens with one attached hydrogen (secondary N) is 2. The Labute approximate surface area is 209 Å². The van der Waals surface area contributed by atoms with E-state index in [2.05, 4.69) is 73.8 Å². The molecule has 4 aromatic heterocycles. The van der Waals surface area contributed by atoms with Crippen LogP contribution in [0.5, 0.6) is 0 Å². The number of aliphatic hydroxyl groups is 1. The van der Waals surface area contributed by atoms with Crippen LogP contribution in [0.1, 0.15) is 12.6 Å². The van der Waals surface area contributed by atoms with Gasteiger partial charge in [-0.15, -0.1) is 0 Å². The highest BCUT2D eigenvalue weighted by Crippen LogP contribution is 2.30. The molecule has 0 amide bonds. The van der Waals surface area contributed by atoms with Crippen LogP contribution in [0.25, 0.3) is 27.7 Å². The number of rotatable bonds is 7. The Bertz CT molecular complexity index is 1480. The topological polar surface area (TPSA) is 97.6 Å². The van der Waals surface area contributed by atoms with Crippen LogP contribution in [0.2, 0.25) is 0 Å². The van der Waals surface area contributed by atoms with Crippen molar-refractivity contribution in [1.29, 1.82) is 0 Å². The summed E-state index contributed by atoms with van der Waals surface area (Å²) >= 11 is 0. The number of aliphatic hydroxyl groups excluding tert-OH is 1. The van der Waals surface area contributed by atoms with E-state index in [-0.39, 0.29) is 6.61 Å². The van der Waals surface area contributed by atoms with E-state index in [1.54, 1.807) is 6.20 Å². The van der Waals surface area contributed by atoms with E-state index in [1.165, 1.54) is 0 Å². The summed E-state index contributed by atoms with van der Waals surface area (Å²) in [5.41, 5.74) is 6.81. The minimum Gasteiger partial charge on any atom is -0.396 e. The van der Waals surface area contributed by atoms with Crippen LogP contribution in [0.3, 0.4) is 0 Å². The highest BCUT2D eigenvalue weighted by molar-refractivity contribution is 5.87. The van der Waals surface area contributed by atoms with Gasteiger partial charge in [-0.05, 0) is 36.4 Å². The van der Waals surface area contributed by atoms with Crippen LogP contribution in [-0.2, 0) is 6.42 Å². The van der Waals surface area contributed by atoms with E-state index in [9.17, 15) is 5.11 Å². The predicted molar refractivity (Wildman–Crippen MR) is 143 cm³/mol. The normalized spacial score (nSPS) is 14.7. The average molecular weight is 483 g/mol. The lowest BCUT2D eigenvalue weighted by Gasteiger charge is -2.35. The minimum absolute atomic E-state index is 0.0931. The van der Waals surface area contributed by atoms with E-state index in [0.717, 1.165) is 83.3 Å². The molecule has 1 saturated heterocycles.